The zero-order valence-corrected chi connectivity index (χ0v) is 16.0. The molecule has 1 aromatic carbocycles. The second-order valence-electron chi connectivity index (χ2n) is 6.91. The van der Waals surface area contributed by atoms with Gasteiger partial charge in [0.05, 0.1) is 0 Å². The molecule has 0 aromatic heterocycles. The van der Waals surface area contributed by atoms with Crippen LogP contribution in [-0.2, 0) is 10.8 Å². The Kier molecular flexibility index (Phi) is 10.5. The van der Waals surface area contributed by atoms with Crippen molar-refractivity contribution in [1.82, 2.24) is 0 Å². The fraction of sp³-hybridized carbons (Fsp3) is 0.700. The Balaban J connectivity index is 1.86. The van der Waals surface area contributed by atoms with Crippen molar-refractivity contribution < 1.29 is 4.43 Å². The molecular weight excluding hydrogens is 284 g/mol. The molecule has 0 atom stereocenters. The Morgan fingerprint density at radius 1 is 0.909 bits per heavy atom. The van der Waals surface area contributed by atoms with Gasteiger partial charge >= 0.3 is 0 Å². The van der Waals surface area contributed by atoms with E-state index in [9.17, 15) is 0 Å². The summed E-state index contributed by atoms with van der Waals surface area (Å²) in [7, 11) is -1.32. The fourth-order valence-corrected chi connectivity index (χ4v) is 5.00. The maximum absolute atomic E-state index is 5.87. The van der Waals surface area contributed by atoms with Gasteiger partial charge in [-0.15, -0.1) is 0 Å². The highest BCUT2D eigenvalue weighted by Crippen LogP contribution is 2.17. The third-order valence-corrected chi connectivity index (χ3v) is 6.91. The highest BCUT2D eigenvalue weighted by molar-refractivity contribution is 6.71. The number of benzene rings is 1. The first-order chi connectivity index (χ1) is 10.6. The second kappa shape index (κ2) is 11.9. The molecule has 0 N–H and O–H groups in total. The third-order valence-electron chi connectivity index (χ3n) is 4.28. The van der Waals surface area contributed by atoms with Gasteiger partial charge in [-0.1, -0.05) is 69.2 Å². The molecule has 0 fully saturated rings. The second-order valence-corrected chi connectivity index (χ2v) is 11.2. The summed E-state index contributed by atoms with van der Waals surface area (Å²) in [6.07, 6.45) is 12.2. The predicted molar refractivity (Wildman–Crippen MR) is 99.8 cm³/mol. The number of unbranched alkanes of at least 4 members (excludes halogenated alkanes) is 7. The van der Waals surface area contributed by atoms with E-state index in [2.05, 4.69) is 38.2 Å². The number of hydrogen-bond acceptors (Lipinski definition) is 1. The van der Waals surface area contributed by atoms with Gasteiger partial charge in [0.25, 0.3) is 0 Å². The standard InChI is InChI=1S/C20H35OSi/c1-4-21-22(2,3)19-15-10-8-6-5-7-9-12-16-20-17-13-11-14-18-20/h11,13-14,17H,4-10,12,15-16,19H2,1-3H3. The van der Waals surface area contributed by atoms with Gasteiger partial charge in [-0.3, -0.25) is 0 Å². The quantitative estimate of drug-likeness (QED) is 0.302. The topological polar surface area (TPSA) is 9.23 Å². The minimum atomic E-state index is -1.32. The first-order valence-electron chi connectivity index (χ1n) is 9.23. The van der Waals surface area contributed by atoms with Crippen LogP contribution in [0.4, 0.5) is 0 Å². The van der Waals surface area contributed by atoms with Crippen LogP contribution in [0.15, 0.2) is 24.3 Å². The predicted octanol–water partition coefficient (Wildman–Crippen LogP) is 6.39. The molecular formula is C20H35OSi. The molecule has 125 valence electrons. The van der Waals surface area contributed by atoms with Gasteiger partial charge in [-0.25, -0.2) is 0 Å². The minimum absolute atomic E-state index is 0.889. The highest BCUT2D eigenvalue weighted by Gasteiger charge is 2.20. The summed E-state index contributed by atoms with van der Waals surface area (Å²) in [5.41, 5.74) is 1.36. The van der Waals surface area contributed by atoms with Crippen LogP contribution >= 0.6 is 0 Å². The zero-order chi connectivity index (χ0) is 16.1. The molecule has 0 saturated carbocycles. The molecule has 1 rings (SSSR count). The van der Waals surface area contributed by atoms with Crippen LogP contribution in [0, 0.1) is 6.07 Å². The van der Waals surface area contributed by atoms with E-state index in [1.807, 2.05) is 12.1 Å². The Morgan fingerprint density at radius 2 is 1.55 bits per heavy atom. The van der Waals surface area contributed by atoms with Crippen LogP contribution < -0.4 is 0 Å². The third kappa shape index (κ3) is 10.2. The summed E-state index contributed by atoms with van der Waals surface area (Å²) < 4.78 is 5.87. The van der Waals surface area contributed by atoms with Gasteiger partial charge in [0, 0.05) is 6.61 Å². The van der Waals surface area contributed by atoms with Crippen LogP contribution in [-0.4, -0.2) is 14.9 Å². The van der Waals surface area contributed by atoms with E-state index in [4.69, 9.17) is 4.43 Å². The van der Waals surface area contributed by atoms with Crippen molar-refractivity contribution >= 4 is 8.32 Å². The summed E-state index contributed by atoms with van der Waals surface area (Å²) in [6.45, 7) is 7.70. The Bertz CT molecular complexity index is 361. The molecule has 0 bridgehead atoms. The first-order valence-corrected chi connectivity index (χ1v) is 12.3. The van der Waals surface area contributed by atoms with Crippen molar-refractivity contribution in [3.05, 3.63) is 35.9 Å². The molecule has 0 heterocycles. The lowest BCUT2D eigenvalue weighted by Gasteiger charge is -2.21. The molecule has 1 radical (unpaired) electrons. The lowest BCUT2D eigenvalue weighted by molar-refractivity contribution is 0.327. The maximum Gasteiger partial charge on any atom is 0.186 e. The molecule has 0 aliphatic carbocycles. The van der Waals surface area contributed by atoms with Crippen LogP contribution in [0.25, 0.3) is 0 Å². The van der Waals surface area contributed by atoms with E-state index in [1.54, 1.807) is 0 Å². The van der Waals surface area contributed by atoms with Gasteiger partial charge in [0.2, 0.25) is 0 Å². The smallest absolute Gasteiger partial charge is 0.186 e. The van der Waals surface area contributed by atoms with Crippen LogP contribution in [0.3, 0.4) is 0 Å². The van der Waals surface area contributed by atoms with Gasteiger partial charge in [0.15, 0.2) is 8.32 Å². The molecule has 22 heavy (non-hydrogen) atoms. The highest BCUT2D eigenvalue weighted by atomic mass is 28.4. The van der Waals surface area contributed by atoms with Crippen LogP contribution in [0.1, 0.15) is 63.9 Å². The molecule has 1 aromatic rings. The SMILES string of the molecule is CCO[Si](C)(C)CCCCCCCCCCc1[c]cccc1. The molecule has 0 aliphatic heterocycles. The van der Waals surface area contributed by atoms with Crippen molar-refractivity contribution in [3.8, 4) is 0 Å². The average molecular weight is 320 g/mol. The molecule has 0 aliphatic rings. The lowest BCUT2D eigenvalue weighted by atomic mass is 10.0. The molecule has 1 nitrogen and oxygen atoms in total. The van der Waals surface area contributed by atoms with E-state index < -0.39 is 8.32 Å². The van der Waals surface area contributed by atoms with Gasteiger partial charge in [0.1, 0.15) is 0 Å². The molecule has 0 saturated heterocycles. The molecule has 0 unspecified atom stereocenters. The average Bonchev–Trinajstić information content (AvgIpc) is 2.50. The van der Waals surface area contributed by atoms with Crippen molar-refractivity contribution in [1.29, 1.82) is 0 Å². The largest absolute Gasteiger partial charge is 0.418 e. The summed E-state index contributed by atoms with van der Waals surface area (Å²) >= 11 is 0. The van der Waals surface area contributed by atoms with E-state index in [0.29, 0.717) is 0 Å². The van der Waals surface area contributed by atoms with Crippen molar-refractivity contribution in [2.45, 2.75) is 83.8 Å². The molecule has 2 heteroatoms. The van der Waals surface area contributed by atoms with Gasteiger partial charge < -0.3 is 4.43 Å². The van der Waals surface area contributed by atoms with Crippen molar-refractivity contribution in [2.75, 3.05) is 6.61 Å². The summed E-state index contributed by atoms with van der Waals surface area (Å²) in [5, 5.41) is 0. The van der Waals surface area contributed by atoms with E-state index in [0.717, 1.165) is 6.61 Å². The monoisotopic (exact) mass is 319 g/mol. The molecule has 0 spiro atoms. The van der Waals surface area contributed by atoms with Crippen LogP contribution in [0.5, 0.6) is 0 Å². The fourth-order valence-electron chi connectivity index (χ4n) is 2.98. The Hall–Kier alpha value is -0.603. The lowest BCUT2D eigenvalue weighted by Crippen LogP contribution is -2.29. The summed E-state index contributed by atoms with van der Waals surface area (Å²) in [5.74, 6) is 0. The van der Waals surface area contributed by atoms with Gasteiger partial charge in [-0.05, 0) is 50.5 Å². The van der Waals surface area contributed by atoms with E-state index >= 15 is 0 Å². The Morgan fingerprint density at radius 3 is 2.14 bits per heavy atom. The number of rotatable bonds is 13. The molecule has 0 amide bonds. The van der Waals surface area contributed by atoms with Crippen LogP contribution in [0.2, 0.25) is 19.1 Å². The first kappa shape index (κ1) is 19.4. The van der Waals surface area contributed by atoms with Gasteiger partial charge in [-0.2, -0.15) is 0 Å². The maximum atomic E-state index is 5.87. The Labute approximate surface area is 139 Å². The van der Waals surface area contributed by atoms with Crippen molar-refractivity contribution in [2.24, 2.45) is 0 Å². The van der Waals surface area contributed by atoms with E-state index in [1.165, 1.54) is 69.4 Å². The summed E-state index contributed by atoms with van der Waals surface area (Å²) in [4.78, 5) is 0. The number of hydrogen-bond donors (Lipinski definition) is 0. The summed E-state index contributed by atoms with van der Waals surface area (Å²) in [6, 6.07) is 13.0. The normalized spacial score (nSPS) is 11.8. The van der Waals surface area contributed by atoms with E-state index in [-0.39, 0.29) is 0 Å². The van der Waals surface area contributed by atoms with Crippen molar-refractivity contribution in [3.63, 3.8) is 0 Å². The number of aryl methyl sites for hydroxylation is 1. The minimum Gasteiger partial charge on any atom is -0.418 e. The zero-order valence-electron chi connectivity index (χ0n) is 15.0.